The Hall–Kier alpha value is -2.25. The summed E-state index contributed by atoms with van der Waals surface area (Å²) in [7, 11) is -2.27. The summed E-state index contributed by atoms with van der Waals surface area (Å²) in [6, 6.07) is 4.33. The molecule has 178 valence electrons. The summed E-state index contributed by atoms with van der Waals surface area (Å²) >= 11 is 7.06. The van der Waals surface area contributed by atoms with Crippen molar-refractivity contribution in [3.05, 3.63) is 34.3 Å². The number of amides is 3. The van der Waals surface area contributed by atoms with Gasteiger partial charge in [0.25, 0.3) is 0 Å². The van der Waals surface area contributed by atoms with Crippen molar-refractivity contribution >= 4 is 55.7 Å². The van der Waals surface area contributed by atoms with Gasteiger partial charge in [0, 0.05) is 51.3 Å². The number of nitrogens with zero attached hydrogens (tertiary/aromatic N) is 3. The van der Waals surface area contributed by atoms with Crippen molar-refractivity contribution < 1.29 is 22.7 Å². The van der Waals surface area contributed by atoms with Crippen molar-refractivity contribution in [2.24, 2.45) is 0 Å². The molecule has 0 radical (unpaired) electrons. The van der Waals surface area contributed by atoms with E-state index in [0.29, 0.717) is 41.2 Å². The number of halogens is 1. The second-order valence-electron chi connectivity index (χ2n) is 8.03. The number of aromatic nitrogens is 1. The molecule has 0 saturated carbocycles. The van der Waals surface area contributed by atoms with Gasteiger partial charge in [-0.05, 0) is 30.2 Å². The number of urea groups is 1. The molecule has 2 aliphatic heterocycles. The highest BCUT2D eigenvalue weighted by molar-refractivity contribution is 7.89. The average molecular weight is 514 g/mol. The number of hydrogen-bond acceptors (Lipinski definition) is 7. The Balaban J connectivity index is 1.69. The van der Waals surface area contributed by atoms with E-state index in [1.165, 1.54) is 26.3 Å². The number of benzene rings is 1. The molecule has 3 heterocycles. The monoisotopic (exact) mass is 513 g/mol. The number of methoxy groups -OCH3 is 1. The van der Waals surface area contributed by atoms with E-state index in [1.807, 2.05) is 0 Å². The van der Waals surface area contributed by atoms with E-state index in [0.717, 1.165) is 16.9 Å². The van der Waals surface area contributed by atoms with E-state index in [-0.39, 0.29) is 24.0 Å². The molecule has 1 fully saturated rings. The van der Waals surface area contributed by atoms with Crippen LogP contribution in [-0.2, 0) is 25.0 Å². The Morgan fingerprint density at radius 3 is 2.76 bits per heavy atom. The fourth-order valence-corrected chi connectivity index (χ4v) is 6.16. The molecule has 10 nitrogen and oxygen atoms in total. The molecule has 2 aliphatic rings. The van der Waals surface area contributed by atoms with Crippen LogP contribution in [0.15, 0.2) is 29.3 Å². The minimum atomic E-state index is -3.77. The van der Waals surface area contributed by atoms with Crippen molar-refractivity contribution in [1.82, 2.24) is 14.6 Å². The second-order valence-corrected chi connectivity index (χ2v) is 11.5. The molecule has 1 saturated heterocycles. The Kier molecular flexibility index (Phi) is 6.65. The van der Waals surface area contributed by atoms with Gasteiger partial charge >= 0.3 is 6.03 Å². The molecule has 1 spiro atoms. The molecule has 13 heteroatoms. The number of thiazole rings is 1. The Morgan fingerprint density at radius 1 is 1.33 bits per heavy atom. The summed E-state index contributed by atoms with van der Waals surface area (Å²) in [5.41, 5.74) is 0.779. The predicted octanol–water partition coefficient (Wildman–Crippen LogP) is 2.26. The lowest BCUT2D eigenvalue weighted by Crippen LogP contribution is -2.41. The molecule has 1 aromatic heterocycles. The van der Waals surface area contributed by atoms with E-state index >= 15 is 0 Å². The average Bonchev–Trinajstić information content (AvgIpc) is 3.46. The highest BCUT2D eigenvalue weighted by Gasteiger charge is 2.49. The minimum absolute atomic E-state index is 0.0567. The quantitative estimate of drug-likeness (QED) is 0.571. The summed E-state index contributed by atoms with van der Waals surface area (Å²) in [5, 5.41) is 3.12. The van der Waals surface area contributed by atoms with Gasteiger partial charge in [0.05, 0.1) is 17.7 Å². The standard InChI is InChI=1S/C20H24ClN5O5S2/c1-13(27)25-7-5-20(11-25)12-26(19(28)24-18-22-10-17(21)32-18)16-4-3-14(9-15(16)20)33(29,30)23-6-8-31-2/h3-4,9-10,23H,5-8,11-12H2,1-2H3,(H,22,24,28). The molecule has 1 atom stereocenters. The zero-order chi connectivity index (χ0) is 23.8. The summed E-state index contributed by atoms with van der Waals surface area (Å²) < 4.78 is 33.5. The van der Waals surface area contributed by atoms with Crippen LogP contribution in [0, 0.1) is 0 Å². The lowest BCUT2D eigenvalue weighted by atomic mass is 9.81. The van der Waals surface area contributed by atoms with Crippen molar-refractivity contribution in [2.75, 3.05) is 50.1 Å². The molecule has 3 amide bonds. The van der Waals surface area contributed by atoms with Crippen LogP contribution in [0.5, 0.6) is 0 Å². The molecule has 1 unspecified atom stereocenters. The third kappa shape index (κ3) is 4.71. The number of rotatable bonds is 6. The largest absolute Gasteiger partial charge is 0.383 e. The molecule has 0 bridgehead atoms. The summed E-state index contributed by atoms with van der Waals surface area (Å²) in [5.74, 6) is -0.0567. The molecule has 33 heavy (non-hydrogen) atoms. The van der Waals surface area contributed by atoms with Crippen LogP contribution < -0.4 is 14.9 Å². The van der Waals surface area contributed by atoms with Gasteiger partial charge in [-0.3, -0.25) is 15.0 Å². The maximum absolute atomic E-state index is 13.1. The Bertz CT molecular complexity index is 1190. The number of sulfonamides is 1. The molecular weight excluding hydrogens is 490 g/mol. The maximum Gasteiger partial charge on any atom is 0.328 e. The van der Waals surface area contributed by atoms with Crippen LogP contribution in [0.1, 0.15) is 18.9 Å². The normalized spacial score (nSPS) is 19.8. The van der Waals surface area contributed by atoms with Crippen LogP contribution in [0.2, 0.25) is 4.34 Å². The number of nitrogens with one attached hydrogen (secondary N) is 2. The van der Waals surface area contributed by atoms with Crippen molar-refractivity contribution in [3.63, 3.8) is 0 Å². The lowest BCUT2D eigenvalue weighted by Gasteiger charge is -2.25. The van der Waals surface area contributed by atoms with E-state index in [1.54, 1.807) is 21.9 Å². The Labute approximate surface area is 200 Å². The zero-order valence-corrected chi connectivity index (χ0v) is 20.5. The molecular formula is C20H24ClN5O5S2. The van der Waals surface area contributed by atoms with Crippen LogP contribution >= 0.6 is 22.9 Å². The van der Waals surface area contributed by atoms with E-state index < -0.39 is 21.5 Å². The van der Waals surface area contributed by atoms with E-state index in [2.05, 4.69) is 15.0 Å². The molecule has 4 rings (SSSR count). The van der Waals surface area contributed by atoms with Crippen molar-refractivity contribution in [1.29, 1.82) is 0 Å². The Morgan fingerprint density at radius 2 is 2.12 bits per heavy atom. The number of carbonyl (C=O) groups excluding carboxylic acids is 2. The number of likely N-dealkylation sites (tertiary alicyclic amines) is 1. The van der Waals surface area contributed by atoms with Gasteiger partial charge in [0.1, 0.15) is 4.34 Å². The van der Waals surface area contributed by atoms with E-state index in [9.17, 15) is 18.0 Å². The third-order valence-electron chi connectivity index (χ3n) is 5.94. The second kappa shape index (κ2) is 9.18. The number of carbonyl (C=O) groups is 2. The fourth-order valence-electron chi connectivity index (χ4n) is 4.32. The minimum Gasteiger partial charge on any atom is -0.383 e. The zero-order valence-electron chi connectivity index (χ0n) is 18.1. The highest BCUT2D eigenvalue weighted by Crippen LogP contribution is 2.47. The van der Waals surface area contributed by atoms with Gasteiger partial charge in [-0.15, -0.1) is 0 Å². The van der Waals surface area contributed by atoms with Gasteiger partial charge in [0.2, 0.25) is 15.9 Å². The first-order chi connectivity index (χ1) is 15.6. The number of fused-ring (bicyclic) bond motifs is 2. The number of anilines is 2. The fraction of sp³-hybridized carbons (Fsp3) is 0.450. The van der Waals surface area contributed by atoms with Crippen LogP contribution in [-0.4, -0.2) is 70.1 Å². The van der Waals surface area contributed by atoms with Crippen molar-refractivity contribution in [3.8, 4) is 0 Å². The summed E-state index contributed by atoms with van der Waals surface area (Å²) in [4.78, 5) is 32.6. The molecule has 0 aliphatic carbocycles. The van der Waals surface area contributed by atoms with Crippen LogP contribution in [0.25, 0.3) is 0 Å². The highest BCUT2D eigenvalue weighted by atomic mass is 35.5. The van der Waals surface area contributed by atoms with Crippen LogP contribution in [0.4, 0.5) is 15.6 Å². The number of ether oxygens (including phenoxy) is 1. The maximum atomic E-state index is 13.1. The summed E-state index contributed by atoms with van der Waals surface area (Å²) in [6.07, 6.45) is 2.07. The molecule has 1 aromatic carbocycles. The molecule has 2 aromatic rings. The lowest BCUT2D eigenvalue weighted by molar-refractivity contribution is -0.127. The van der Waals surface area contributed by atoms with Gasteiger partial charge in [-0.1, -0.05) is 22.9 Å². The van der Waals surface area contributed by atoms with E-state index in [4.69, 9.17) is 16.3 Å². The van der Waals surface area contributed by atoms with Gasteiger partial charge in [-0.2, -0.15) is 0 Å². The topological polar surface area (TPSA) is 121 Å². The molecule has 2 N–H and O–H groups in total. The predicted molar refractivity (Wildman–Crippen MR) is 126 cm³/mol. The van der Waals surface area contributed by atoms with Gasteiger partial charge < -0.3 is 9.64 Å². The van der Waals surface area contributed by atoms with Crippen LogP contribution in [0.3, 0.4) is 0 Å². The third-order valence-corrected chi connectivity index (χ3v) is 8.42. The smallest absolute Gasteiger partial charge is 0.328 e. The van der Waals surface area contributed by atoms with Gasteiger partial charge in [-0.25, -0.2) is 22.9 Å². The SMILES string of the molecule is COCCNS(=O)(=O)c1ccc2c(c1)C1(CCN(C(C)=O)C1)CN2C(=O)Nc1ncc(Cl)s1. The first-order valence-corrected chi connectivity index (χ1v) is 12.9. The number of hydrogen-bond donors (Lipinski definition) is 2. The first kappa shape index (κ1) is 23.9. The van der Waals surface area contributed by atoms with Crippen molar-refractivity contribution in [2.45, 2.75) is 23.7 Å². The summed E-state index contributed by atoms with van der Waals surface area (Å²) in [6.45, 7) is 3.16. The van der Waals surface area contributed by atoms with Gasteiger partial charge in [0.15, 0.2) is 5.13 Å². The first-order valence-electron chi connectivity index (χ1n) is 10.2.